The van der Waals surface area contributed by atoms with E-state index in [9.17, 15) is 18.3 Å². The number of nitrogens with one attached hydrogen (secondary N) is 1. The summed E-state index contributed by atoms with van der Waals surface area (Å²) in [6, 6.07) is 3.77. The highest BCUT2D eigenvalue weighted by atomic mass is 32.2. The van der Waals surface area contributed by atoms with Crippen LogP contribution in [0.2, 0.25) is 0 Å². The molecule has 19 heavy (non-hydrogen) atoms. The van der Waals surface area contributed by atoms with Crippen LogP contribution in [0.3, 0.4) is 0 Å². The SMILES string of the molecule is CNS(=O)(=O)Oc1ccc(O)cc1C=CC(=O)OC. The van der Waals surface area contributed by atoms with Gasteiger partial charge >= 0.3 is 16.3 Å². The molecule has 7 nitrogen and oxygen atoms in total. The number of carbonyl (C=O) groups is 1. The summed E-state index contributed by atoms with van der Waals surface area (Å²) < 4.78 is 33.7. The highest BCUT2D eigenvalue weighted by Gasteiger charge is 2.12. The Kier molecular flexibility index (Phi) is 4.90. The molecule has 0 saturated carbocycles. The summed E-state index contributed by atoms with van der Waals surface area (Å²) in [5.74, 6) is -0.753. The van der Waals surface area contributed by atoms with E-state index in [0.717, 1.165) is 6.08 Å². The van der Waals surface area contributed by atoms with Crippen LogP contribution >= 0.6 is 0 Å². The van der Waals surface area contributed by atoms with Crippen LogP contribution in [0.4, 0.5) is 0 Å². The Balaban J connectivity index is 3.12. The zero-order chi connectivity index (χ0) is 14.5. The summed E-state index contributed by atoms with van der Waals surface area (Å²) in [6.45, 7) is 0. The fourth-order valence-electron chi connectivity index (χ4n) is 1.13. The molecule has 0 bridgehead atoms. The monoisotopic (exact) mass is 287 g/mol. The zero-order valence-electron chi connectivity index (χ0n) is 10.3. The van der Waals surface area contributed by atoms with Gasteiger partial charge in [0.05, 0.1) is 7.11 Å². The van der Waals surface area contributed by atoms with Gasteiger partial charge in [-0.25, -0.2) is 4.79 Å². The summed E-state index contributed by atoms with van der Waals surface area (Å²) >= 11 is 0. The molecular formula is C11H13NO6S. The fourth-order valence-corrected chi connectivity index (χ4v) is 1.60. The topological polar surface area (TPSA) is 102 Å². The molecule has 1 aromatic rings. The normalized spacial score (nSPS) is 11.5. The number of hydrogen-bond donors (Lipinski definition) is 2. The van der Waals surface area contributed by atoms with Gasteiger partial charge in [-0.05, 0) is 24.3 Å². The van der Waals surface area contributed by atoms with Gasteiger partial charge in [-0.15, -0.1) is 0 Å². The number of ether oxygens (including phenoxy) is 1. The number of carbonyl (C=O) groups excluding carboxylic acids is 1. The van der Waals surface area contributed by atoms with Crippen LogP contribution in [0.15, 0.2) is 24.3 Å². The molecule has 1 rings (SSSR count). The van der Waals surface area contributed by atoms with E-state index in [1.54, 1.807) is 0 Å². The third-order valence-electron chi connectivity index (χ3n) is 2.04. The Morgan fingerprint density at radius 1 is 1.42 bits per heavy atom. The smallest absolute Gasteiger partial charge is 0.382 e. The molecule has 0 atom stereocenters. The van der Waals surface area contributed by atoms with Crippen molar-refractivity contribution in [1.29, 1.82) is 0 Å². The van der Waals surface area contributed by atoms with Crippen molar-refractivity contribution >= 4 is 22.3 Å². The Morgan fingerprint density at radius 3 is 2.68 bits per heavy atom. The molecule has 0 amide bonds. The maximum absolute atomic E-state index is 11.3. The minimum absolute atomic E-state index is 0.0349. The molecule has 0 fully saturated rings. The van der Waals surface area contributed by atoms with Crippen molar-refractivity contribution in [2.45, 2.75) is 0 Å². The molecular weight excluding hydrogens is 274 g/mol. The van der Waals surface area contributed by atoms with Crippen LogP contribution < -0.4 is 8.91 Å². The molecule has 104 valence electrons. The number of rotatable bonds is 5. The Bertz CT molecular complexity index is 593. The third-order valence-corrected chi connectivity index (χ3v) is 2.94. The Hall–Kier alpha value is -2.06. The van der Waals surface area contributed by atoms with Crippen molar-refractivity contribution in [3.8, 4) is 11.5 Å². The Labute approximate surface area is 110 Å². The molecule has 0 aliphatic rings. The fraction of sp³-hybridized carbons (Fsp3) is 0.182. The van der Waals surface area contributed by atoms with Crippen LogP contribution in [0.1, 0.15) is 5.56 Å². The van der Waals surface area contributed by atoms with E-state index in [2.05, 4.69) is 4.74 Å². The first-order valence-corrected chi connectivity index (χ1v) is 6.51. The molecule has 2 N–H and O–H groups in total. The molecule has 8 heteroatoms. The number of phenolic OH excluding ortho intramolecular Hbond substituents is 1. The van der Waals surface area contributed by atoms with Crippen molar-refractivity contribution in [3.05, 3.63) is 29.8 Å². The average Bonchev–Trinajstić information content (AvgIpc) is 2.38. The van der Waals surface area contributed by atoms with Crippen LogP contribution in [0.25, 0.3) is 6.08 Å². The first-order valence-electron chi connectivity index (χ1n) is 5.10. The quantitative estimate of drug-likeness (QED) is 0.601. The molecule has 0 aromatic heterocycles. The van der Waals surface area contributed by atoms with E-state index in [0.29, 0.717) is 0 Å². The molecule has 1 aromatic carbocycles. The maximum Gasteiger partial charge on any atom is 0.382 e. The number of hydrogen-bond acceptors (Lipinski definition) is 6. The van der Waals surface area contributed by atoms with Crippen LogP contribution in [0, 0.1) is 0 Å². The molecule has 0 aliphatic heterocycles. The number of aromatic hydroxyl groups is 1. The summed E-state index contributed by atoms with van der Waals surface area (Å²) in [7, 11) is -1.53. The minimum atomic E-state index is -3.93. The maximum atomic E-state index is 11.3. The molecule has 0 heterocycles. The van der Waals surface area contributed by atoms with Gasteiger partial charge in [0.2, 0.25) is 0 Å². The number of benzene rings is 1. The second kappa shape index (κ2) is 6.21. The molecule has 0 radical (unpaired) electrons. The van der Waals surface area contributed by atoms with Crippen molar-refractivity contribution in [2.75, 3.05) is 14.2 Å². The molecule has 0 aliphatic carbocycles. The number of methoxy groups -OCH3 is 1. The van der Waals surface area contributed by atoms with Crippen molar-refractivity contribution in [2.24, 2.45) is 0 Å². The van der Waals surface area contributed by atoms with Crippen LogP contribution in [-0.2, 0) is 19.8 Å². The summed E-state index contributed by atoms with van der Waals surface area (Å²) in [5, 5.41) is 9.34. The molecule has 0 unspecified atom stereocenters. The lowest BCUT2D eigenvalue weighted by atomic mass is 10.2. The van der Waals surface area contributed by atoms with Gasteiger partial charge in [0, 0.05) is 18.7 Å². The van der Waals surface area contributed by atoms with Gasteiger partial charge in [-0.3, -0.25) is 0 Å². The summed E-state index contributed by atoms with van der Waals surface area (Å²) in [6.07, 6.45) is 2.35. The molecule has 0 saturated heterocycles. The number of esters is 1. The van der Waals surface area contributed by atoms with Gasteiger partial charge in [0.15, 0.2) is 5.75 Å². The lowest BCUT2D eigenvalue weighted by Crippen LogP contribution is -2.24. The minimum Gasteiger partial charge on any atom is -0.508 e. The average molecular weight is 287 g/mol. The van der Waals surface area contributed by atoms with Crippen molar-refractivity contribution < 1.29 is 27.2 Å². The number of phenols is 1. The van der Waals surface area contributed by atoms with Gasteiger partial charge in [0.1, 0.15) is 5.75 Å². The van der Waals surface area contributed by atoms with Gasteiger partial charge in [-0.1, -0.05) is 0 Å². The first-order chi connectivity index (χ1) is 8.88. The first kappa shape index (κ1) is 15.0. The second-order valence-corrected chi connectivity index (χ2v) is 4.80. The molecule has 0 spiro atoms. The predicted octanol–water partition coefficient (Wildman–Crippen LogP) is 0.421. The largest absolute Gasteiger partial charge is 0.508 e. The van der Waals surface area contributed by atoms with Crippen molar-refractivity contribution in [3.63, 3.8) is 0 Å². The van der Waals surface area contributed by atoms with E-state index in [-0.39, 0.29) is 17.1 Å². The lowest BCUT2D eigenvalue weighted by Gasteiger charge is -2.08. The standard InChI is InChI=1S/C11H13NO6S/c1-12-19(15,16)18-10-5-4-9(13)7-8(10)3-6-11(14)17-2/h3-7,12-13H,1-2H3. The van der Waals surface area contributed by atoms with Gasteiger partial charge in [-0.2, -0.15) is 13.1 Å². The van der Waals surface area contributed by atoms with E-state index in [4.69, 9.17) is 4.18 Å². The van der Waals surface area contributed by atoms with Crippen LogP contribution in [-0.4, -0.2) is 33.7 Å². The van der Waals surface area contributed by atoms with Gasteiger partial charge < -0.3 is 14.0 Å². The van der Waals surface area contributed by atoms with Gasteiger partial charge in [0.25, 0.3) is 0 Å². The van der Waals surface area contributed by atoms with Crippen LogP contribution in [0.5, 0.6) is 11.5 Å². The predicted molar refractivity (Wildman–Crippen MR) is 67.8 cm³/mol. The highest BCUT2D eigenvalue weighted by molar-refractivity contribution is 7.85. The zero-order valence-corrected chi connectivity index (χ0v) is 11.1. The lowest BCUT2D eigenvalue weighted by molar-refractivity contribution is -0.134. The van der Waals surface area contributed by atoms with E-state index in [1.165, 1.54) is 38.4 Å². The van der Waals surface area contributed by atoms with E-state index >= 15 is 0 Å². The Morgan fingerprint density at radius 2 is 2.11 bits per heavy atom. The summed E-state index contributed by atoms with van der Waals surface area (Å²) in [4.78, 5) is 11.0. The van der Waals surface area contributed by atoms with E-state index in [1.807, 2.05) is 4.72 Å². The third kappa shape index (κ3) is 4.60. The van der Waals surface area contributed by atoms with Crippen molar-refractivity contribution in [1.82, 2.24) is 4.72 Å². The summed E-state index contributed by atoms with van der Waals surface area (Å²) in [5.41, 5.74) is 0.212. The second-order valence-electron chi connectivity index (χ2n) is 3.32. The highest BCUT2D eigenvalue weighted by Crippen LogP contribution is 2.25. The van der Waals surface area contributed by atoms with E-state index < -0.39 is 16.3 Å².